The van der Waals surface area contributed by atoms with Gasteiger partial charge >= 0.3 is 0 Å². The van der Waals surface area contributed by atoms with Crippen LogP contribution in [0, 0.1) is 0 Å². The molecule has 0 bridgehead atoms. The molecule has 0 saturated heterocycles. The Kier molecular flexibility index (Phi) is 6.16. The van der Waals surface area contributed by atoms with Crippen LogP contribution in [0.1, 0.15) is 27.2 Å². The molecule has 0 aromatic rings. The third-order valence-corrected chi connectivity index (χ3v) is 1.72. The van der Waals surface area contributed by atoms with Gasteiger partial charge in [0.15, 0.2) is 0 Å². The van der Waals surface area contributed by atoms with Gasteiger partial charge in [0, 0.05) is 12.7 Å². The van der Waals surface area contributed by atoms with Crippen LogP contribution in [0.25, 0.3) is 0 Å². The van der Waals surface area contributed by atoms with Crippen molar-refractivity contribution in [1.82, 2.24) is 5.32 Å². The summed E-state index contributed by atoms with van der Waals surface area (Å²) in [5.41, 5.74) is 2.55. The molecule has 0 radical (unpaired) electrons. The number of hydrogen-bond donors (Lipinski definition) is 1. The van der Waals surface area contributed by atoms with E-state index in [1.165, 1.54) is 5.57 Å². The number of hydrogen-bond acceptors (Lipinski definition) is 1. The summed E-state index contributed by atoms with van der Waals surface area (Å²) < 4.78 is 0. The van der Waals surface area contributed by atoms with Crippen LogP contribution in [-0.2, 0) is 0 Å². The lowest BCUT2D eigenvalue weighted by Gasteiger charge is -2.01. The van der Waals surface area contributed by atoms with Gasteiger partial charge in [-0.2, -0.15) is 0 Å². The van der Waals surface area contributed by atoms with Crippen molar-refractivity contribution in [2.24, 2.45) is 0 Å². The number of nitrogens with one attached hydrogen (secondary N) is 1. The molecule has 0 saturated carbocycles. The Morgan fingerprint density at radius 2 is 2.08 bits per heavy atom. The smallest absolute Gasteiger partial charge is 0.0336 e. The summed E-state index contributed by atoms with van der Waals surface area (Å²) in [7, 11) is 1.94. The minimum atomic E-state index is 1.11. The van der Waals surface area contributed by atoms with E-state index in [-0.39, 0.29) is 0 Å². The van der Waals surface area contributed by atoms with Gasteiger partial charge in [0.25, 0.3) is 0 Å². The van der Waals surface area contributed by atoms with E-state index >= 15 is 0 Å². The molecule has 0 spiro atoms. The van der Waals surface area contributed by atoms with E-state index in [4.69, 9.17) is 0 Å². The molecule has 1 heteroatoms. The summed E-state index contributed by atoms with van der Waals surface area (Å²) >= 11 is 0. The Labute approximate surface area is 75.9 Å². The summed E-state index contributed by atoms with van der Waals surface area (Å²) in [6.45, 7) is 6.32. The molecule has 0 amide bonds. The maximum Gasteiger partial charge on any atom is 0.0336 e. The molecule has 68 valence electrons. The summed E-state index contributed by atoms with van der Waals surface area (Å²) in [5.74, 6) is 0. The normalized spacial score (nSPS) is 14.0. The Hall–Kier alpha value is -0.980. The largest absolute Gasteiger partial charge is 0.388 e. The lowest BCUT2D eigenvalue weighted by molar-refractivity contribution is 1.01. The number of rotatable bonds is 4. The lowest BCUT2D eigenvalue weighted by Crippen LogP contribution is -2.02. The van der Waals surface area contributed by atoms with Crippen molar-refractivity contribution in [3.63, 3.8) is 0 Å². The standard InChI is InChI=1S/C11H19N/c1-5-7-8-11(12-4)9-10(3)6-2/h5,7-9,12H,6H2,1-4H3/b7-5-,10-9-,11-8+. The highest BCUT2D eigenvalue weighted by Crippen LogP contribution is 2.02. The third-order valence-electron chi connectivity index (χ3n) is 1.72. The fourth-order valence-corrected chi connectivity index (χ4v) is 0.771. The van der Waals surface area contributed by atoms with Gasteiger partial charge in [0.05, 0.1) is 0 Å². The summed E-state index contributed by atoms with van der Waals surface area (Å²) in [5, 5.41) is 3.14. The van der Waals surface area contributed by atoms with Crippen LogP contribution < -0.4 is 5.32 Å². The maximum atomic E-state index is 3.14. The van der Waals surface area contributed by atoms with Crippen LogP contribution in [0.3, 0.4) is 0 Å². The van der Waals surface area contributed by atoms with Crippen molar-refractivity contribution in [3.8, 4) is 0 Å². The predicted molar refractivity (Wildman–Crippen MR) is 56.0 cm³/mol. The number of likely N-dealkylation sites (N-methyl/N-ethyl adjacent to an activating group) is 1. The zero-order chi connectivity index (χ0) is 9.40. The second kappa shape index (κ2) is 6.71. The second-order valence-electron chi connectivity index (χ2n) is 2.74. The van der Waals surface area contributed by atoms with Crippen molar-refractivity contribution in [3.05, 3.63) is 35.6 Å². The van der Waals surface area contributed by atoms with Crippen LogP contribution in [-0.4, -0.2) is 7.05 Å². The molecule has 0 atom stereocenters. The summed E-state index contributed by atoms with van der Waals surface area (Å²) in [4.78, 5) is 0. The first-order chi connectivity index (χ1) is 5.74. The highest BCUT2D eigenvalue weighted by Gasteiger charge is 1.87. The van der Waals surface area contributed by atoms with E-state index in [1.807, 2.05) is 26.1 Å². The van der Waals surface area contributed by atoms with Gasteiger partial charge in [0.1, 0.15) is 0 Å². The highest BCUT2D eigenvalue weighted by atomic mass is 14.8. The van der Waals surface area contributed by atoms with Crippen molar-refractivity contribution < 1.29 is 0 Å². The Balaban J connectivity index is 4.35. The average molecular weight is 165 g/mol. The second-order valence-corrected chi connectivity index (χ2v) is 2.74. The fraction of sp³-hybridized carbons (Fsp3) is 0.455. The molecular formula is C11H19N. The van der Waals surface area contributed by atoms with E-state index in [9.17, 15) is 0 Å². The highest BCUT2D eigenvalue weighted by molar-refractivity contribution is 5.24. The van der Waals surface area contributed by atoms with Gasteiger partial charge in [-0.15, -0.1) is 0 Å². The van der Waals surface area contributed by atoms with Gasteiger partial charge in [-0.25, -0.2) is 0 Å². The van der Waals surface area contributed by atoms with Crippen molar-refractivity contribution in [1.29, 1.82) is 0 Å². The SMILES string of the molecule is C\C=C/C=C(\C=C(\C)CC)NC. The van der Waals surface area contributed by atoms with E-state index in [0.29, 0.717) is 0 Å². The first-order valence-electron chi connectivity index (χ1n) is 4.42. The van der Waals surface area contributed by atoms with Crippen LogP contribution in [0.15, 0.2) is 35.6 Å². The number of allylic oxidation sites excluding steroid dienone is 5. The molecule has 1 nitrogen and oxygen atoms in total. The zero-order valence-electron chi connectivity index (χ0n) is 8.52. The molecule has 0 aliphatic heterocycles. The van der Waals surface area contributed by atoms with Gasteiger partial charge < -0.3 is 5.32 Å². The zero-order valence-corrected chi connectivity index (χ0v) is 8.52. The topological polar surface area (TPSA) is 12.0 Å². The van der Waals surface area contributed by atoms with E-state index < -0.39 is 0 Å². The van der Waals surface area contributed by atoms with Crippen LogP contribution in [0.4, 0.5) is 0 Å². The van der Waals surface area contributed by atoms with E-state index in [2.05, 4.69) is 31.3 Å². The molecule has 0 rings (SSSR count). The van der Waals surface area contributed by atoms with Crippen LogP contribution in [0.2, 0.25) is 0 Å². The van der Waals surface area contributed by atoms with Crippen LogP contribution in [0.5, 0.6) is 0 Å². The molecule has 12 heavy (non-hydrogen) atoms. The molecule has 0 unspecified atom stereocenters. The van der Waals surface area contributed by atoms with E-state index in [1.54, 1.807) is 0 Å². The third kappa shape index (κ3) is 4.78. The first kappa shape index (κ1) is 11.0. The minimum absolute atomic E-state index is 1.11. The van der Waals surface area contributed by atoms with Gasteiger partial charge in [-0.1, -0.05) is 24.6 Å². The Morgan fingerprint density at radius 3 is 2.50 bits per heavy atom. The predicted octanol–water partition coefficient (Wildman–Crippen LogP) is 3.02. The molecule has 0 fully saturated rings. The van der Waals surface area contributed by atoms with Crippen LogP contribution >= 0.6 is 0 Å². The quantitative estimate of drug-likeness (QED) is 0.631. The van der Waals surface area contributed by atoms with Gasteiger partial charge in [0.2, 0.25) is 0 Å². The molecule has 0 heterocycles. The Bertz CT molecular complexity index is 194. The van der Waals surface area contributed by atoms with Crippen molar-refractivity contribution in [2.75, 3.05) is 7.05 Å². The first-order valence-corrected chi connectivity index (χ1v) is 4.42. The molecule has 0 aliphatic rings. The molecule has 0 aromatic heterocycles. The Morgan fingerprint density at radius 1 is 1.42 bits per heavy atom. The molecular weight excluding hydrogens is 146 g/mol. The minimum Gasteiger partial charge on any atom is -0.388 e. The lowest BCUT2D eigenvalue weighted by atomic mass is 10.2. The van der Waals surface area contributed by atoms with Gasteiger partial charge in [-0.3, -0.25) is 0 Å². The van der Waals surface area contributed by atoms with Crippen molar-refractivity contribution >= 4 is 0 Å². The maximum absolute atomic E-state index is 3.14. The molecule has 0 aliphatic carbocycles. The van der Waals surface area contributed by atoms with Gasteiger partial charge in [-0.05, 0) is 32.4 Å². The summed E-state index contributed by atoms with van der Waals surface area (Å²) in [6, 6.07) is 0. The summed E-state index contributed by atoms with van der Waals surface area (Å²) in [6.07, 6.45) is 9.39. The van der Waals surface area contributed by atoms with Crippen molar-refractivity contribution in [2.45, 2.75) is 27.2 Å². The monoisotopic (exact) mass is 165 g/mol. The average Bonchev–Trinajstić information content (AvgIpc) is 2.11. The molecule has 1 N–H and O–H groups in total. The molecule has 0 aromatic carbocycles. The fourth-order valence-electron chi connectivity index (χ4n) is 0.771. The van der Waals surface area contributed by atoms with E-state index in [0.717, 1.165) is 12.1 Å².